The minimum atomic E-state index is -0.796. The molecule has 6 heteroatoms. The van der Waals surface area contributed by atoms with Gasteiger partial charge < -0.3 is 20.8 Å². The van der Waals surface area contributed by atoms with Crippen LogP contribution >= 0.6 is 0 Å². The number of aliphatic hydroxyl groups is 2. The smallest absolute Gasteiger partial charge is 0.138 e. The number of nitrogens with one attached hydrogen (secondary N) is 2. The maximum absolute atomic E-state index is 9.39. The van der Waals surface area contributed by atoms with Crippen LogP contribution in [0.1, 0.15) is 39.9 Å². The molecule has 0 fully saturated rings. The summed E-state index contributed by atoms with van der Waals surface area (Å²) in [6.07, 6.45) is 0.219. The topological polar surface area (TPSA) is 90.3 Å². The summed E-state index contributed by atoms with van der Waals surface area (Å²) >= 11 is 0. The Balaban J connectivity index is 2.91. The minimum absolute atomic E-state index is 0.157. The van der Waals surface area contributed by atoms with Crippen LogP contribution in [0.4, 0.5) is 11.6 Å². The Morgan fingerprint density at radius 2 is 1.80 bits per heavy atom. The van der Waals surface area contributed by atoms with Crippen LogP contribution in [0.2, 0.25) is 0 Å². The molecule has 0 aliphatic carbocycles. The highest BCUT2D eigenvalue weighted by atomic mass is 16.3. The van der Waals surface area contributed by atoms with Crippen molar-refractivity contribution in [2.75, 3.05) is 30.3 Å². The zero-order chi connectivity index (χ0) is 15.2. The highest BCUT2D eigenvalue weighted by Gasteiger charge is 2.19. The van der Waals surface area contributed by atoms with E-state index in [0.717, 1.165) is 24.6 Å². The molecule has 1 aromatic heterocycles. The van der Waals surface area contributed by atoms with E-state index in [1.807, 2.05) is 6.07 Å². The third kappa shape index (κ3) is 5.30. The van der Waals surface area contributed by atoms with Crippen molar-refractivity contribution in [1.29, 1.82) is 0 Å². The fourth-order valence-corrected chi connectivity index (χ4v) is 1.50. The van der Waals surface area contributed by atoms with E-state index in [2.05, 4.69) is 48.3 Å². The summed E-state index contributed by atoms with van der Waals surface area (Å²) in [4.78, 5) is 8.98. The van der Waals surface area contributed by atoms with Crippen molar-refractivity contribution in [3.05, 3.63) is 11.9 Å². The lowest BCUT2D eigenvalue weighted by atomic mass is 9.96. The highest BCUT2D eigenvalue weighted by molar-refractivity contribution is 5.48. The van der Waals surface area contributed by atoms with E-state index in [4.69, 9.17) is 5.11 Å². The van der Waals surface area contributed by atoms with Gasteiger partial charge in [0.2, 0.25) is 0 Å². The molecule has 0 spiro atoms. The van der Waals surface area contributed by atoms with Crippen LogP contribution in [0, 0.1) is 0 Å². The average molecular weight is 282 g/mol. The molecule has 4 N–H and O–H groups in total. The van der Waals surface area contributed by atoms with Crippen LogP contribution < -0.4 is 10.6 Å². The molecule has 1 unspecified atom stereocenters. The summed E-state index contributed by atoms with van der Waals surface area (Å²) < 4.78 is 0. The van der Waals surface area contributed by atoms with Gasteiger partial charge in [-0.05, 0) is 6.42 Å². The van der Waals surface area contributed by atoms with Gasteiger partial charge in [-0.2, -0.15) is 0 Å². The Morgan fingerprint density at radius 3 is 2.30 bits per heavy atom. The summed E-state index contributed by atoms with van der Waals surface area (Å²) in [5.74, 6) is 2.16. The van der Waals surface area contributed by atoms with Gasteiger partial charge in [0, 0.05) is 24.6 Å². The Hall–Kier alpha value is -1.40. The van der Waals surface area contributed by atoms with Crippen molar-refractivity contribution in [2.45, 2.75) is 45.6 Å². The molecule has 0 saturated heterocycles. The lowest BCUT2D eigenvalue weighted by Crippen LogP contribution is -2.24. The summed E-state index contributed by atoms with van der Waals surface area (Å²) in [5.41, 5.74) is -0.157. The highest BCUT2D eigenvalue weighted by Crippen LogP contribution is 2.22. The van der Waals surface area contributed by atoms with Crippen molar-refractivity contribution in [3.8, 4) is 0 Å². The largest absolute Gasteiger partial charge is 0.394 e. The summed E-state index contributed by atoms with van der Waals surface area (Å²) in [6.45, 7) is 9.08. The molecule has 0 aliphatic heterocycles. The van der Waals surface area contributed by atoms with E-state index in [1.54, 1.807) is 0 Å². The molecule has 1 heterocycles. The molecule has 0 bridgehead atoms. The average Bonchev–Trinajstić information content (AvgIpc) is 2.41. The van der Waals surface area contributed by atoms with Gasteiger partial charge in [0.1, 0.15) is 17.5 Å². The van der Waals surface area contributed by atoms with E-state index >= 15 is 0 Å². The number of aromatic nitrogens is 2. The molecule has 0 amide bonds. The van der Waals surface area contributed by atoms with Crippen LogP contribution in [0.5, 0.6) is 0 Å². The number of aliphatic hydroxyl groups excluding tert-OH is 2. The Labute approximate surface area is 120 Å². The Kier molecular flexibility index (Phi) is 6.16. The molecule has 0 aromatic carbocycles. The molecule has 114 valence electrons. The van der Waals surface area contributed by atoms with Crippen LogP contribution in [0.25, 0.3) is 0 Å². The third-order valence-corrected chi connectivity index (χ3v) is 2.68. The van der Waals surface area contributed by atoms with Gasteiger partial charge in [0.25, 0.3) is 0 Å². The van der Waals surface area contributed by atoms with Crippen LogP contribution in [0.3, 0.4) is 0 Å². The lowest BCUT2D eigenvalue weighted by molar-refractivity contribution is 0.105. The molecule has 0 saturated carbocycles. The Morgan fingerprint density at radius 1 is 1.20 bits per heavy atom. The quantitative estimate of drug-likeness (QED) is 0.604. The molecule has 1 atom stereocenters. The normalized spacial score (nSPS) is 13.1. The third-order valence-electron chi connectivity index (χ3n) is 2.68. The predicted molar refractivity (Wildman–Crippen MR) is 81.1 cm³/mol. The first-order valence-electron chi connectivity index (χ1n) is 7.03. The number of rotatable bonds is 7. The fraction of sp³-hybridized carbons (Fsp3) is 0.714. The molecule has 1 aromatic rings. The SMILES string of the molecule is CCCNc1cc(NCC(O)CO)nc(C(C)(C)C)n1. The van der Waals surface area contributed by atoms with Crippen LogP contribution in [-0.2, 0) is 5.41 Å². The number of hydrogen-bond acceptors (Lipinski definition) is 6. The van der Waals surface area contributed by atoms with Gasteiger partial charge in [0.05, 0.1) is 12.7 Å². The summed E-state index contributed by atoms with van der Waals surface area (Å²) in [5, 5.41) is 24.5. The Bertz CT molecular complexity index is 418. The zero-order valence-electron chi connectivity index (χ0n) is 12.8. The monoisotopic (exact) mass is 282 g/mol. The number of anilines is 2. The van der Waals surface area contributed by atoms with Crippen molar-refractivity contribution in [2.24, 2.45) is 0 Å². The van der Waals surface area contributed by atoms with Gasteiger partial charge in [0.15, 0.2) is 0 Å². The van der Waals surface area contributed by atoms with Crippen molar-refractivity contribution in [1.82, 2.24) is 9.97 Å². The lowest BCUT2D eigenvalue weighted by Gasteiger charge is -2.19. The standard InChI is InChI=1S/C14H26N4O2/c1-5-6-15-11-7-12(16-8-10(20)9-19)18-13(17-11)14(2,3)4/h7,10,19-20H,5-6,8-9H2,1-4H3,(H2,15,16,17,18). The summed E-state index contributed by atoms with van der Waals surface area (Å²) in [6, 6.07) is 1.81. The molecular formula is C14H26N4O2. The van der Waals surface area contributed by atoms with Crippen molar-refractivity contribution in [3.63, 3.8) is 0 Å². The van der Waals surface area contributed by atoms with Crippen LogP contribution in [0.15, 0.2) is 6.07 Å². The summed E-state index contributed by atoms with van der Waals surface area (Å²) in [7, 11) is 0. The molecule has 0 aliphatic rings. The van der Waals surface area contributed by atoms with E-state index < -0.39 is 6.10 Å². The van der Waals surface area contributed by atoms with Crippen LogP contribution in [-0.4, -0.2) is 46.0 Å². The second kappa shape index (κ2) is 7.40. The number of hydrogen-bond donors (Lipinski definition) is 4. The van der Waals surface area contributed by atoms with Gasteiger partial charge in [-0.25, -0.2) is 9.97 Å². The molecule has 20 heavy (non-hydrogen) atoms. The van der Waals surface area contributed by atoms with Gasteiger partial charge in [-0.3, -0.25) is 0 Å². The second-order valence-electron chi connectivity index (χ2n) is 5.86. The van der Waals surface area contributed by atoms with E-state index in [9.17, 15) is 5.11 Å². The predicted octanol–water partition coefficient (Wildman–Crippen LogP) is 1.36. The van der Waals surface area contributed by atoms with Crippen molar-refractivity contribution < 1.29 is 10.2 Å². The minimum Gasteiger partial charge on any atom is -0.394 e. The van der Waals surface area contributed by atoms with Gasteiger partial charge >= 0.3 is 0 Å². The van der Waals surface area contributed by atoms with E-state index in [0.29, 0.717) is 5.82 Å². The first-order valence-corrected chi connectivity index (χ1v) is 7.03. The number of nitrogens with zero attached hydrogens (tertiary/aromatic N) is 2. The zero-order valence-corrected chi connectivity index (χ0v) is 12.8. The molecular weight excluding hydrogens is 256 g/mol. The van der Waals surface area contributed by atoms with E-state index in [1.165, 1.54) is 0 Å². The fourth-order valence-electron chi connectivity index (χ4n) is 1.50. The second-order valence-corrected chi connectivity index (χ2v) is 5.86. The maximum Gasteiger partial charge on any atom is 0.138 e. The molecule has 1 rings (SSSR count). The van der Waals surface area contributed by atoms with Gasteiger partial charge in [-0.15, -0.1) is 0 Å². The van der Waals surface area contributed by atoms with Gasteiger partial charge in [-0.1, -0.05) is 27.7 Å². The van der Waals surface area contributed by atoms with Crippen molar-refractivity contribution >= 4 is 11.6 Å². The van der Waals surface area contributed by atoms with E-state index in [-0.39, 0.29) is 18.6 Å². The molecule has 0 radical (unpaired) electrons. The maximum atomic E-state index is 9.39. The molecule has 6 nitrogen and oxygen atoms in total. The first kappa shape index (κ1) is 16.7. The first-order chi connectivity index (χ1) is 9.36.